The highest BCUT2D eigenvalue weighted by Crippen LogP contribution is 2.33. The number of halogens is 2. The van der Waals surface area contributed by atoms with Crippen molar-refractivity contribution >= 4 is 53.4 Å². The zero-order valence-electron chi connectivity index (χ0n) is 12.5. The number of benzene rings is 1. The van der Waals surface area contributed by atoms with Gasteiger partial charge in [0.05, 0.1) is 10.7 Å². The summed E-state index contributed by atoms with van der Waals surface area (Å²) in [5, 5.41) is 0.927. The lowest BCUT2D eigenvalue weighted by atomic mass is 9.99. The predicted octanol–water partition coefficient (Wildman–Crippen LogP) is 3.78. The zero-order chi connectivity index (χ0) is 14.3. The molecule has 1 aromatic heterocycles. The molecular formula is C15H19Cl2N3OS. The number of nitrogens with zero attached hydrogens (tertiary/aromatic N) is 2. The smallest absolute Gasteiger partial charge is 0.270 e. The normalized spacial score (nSPS) is 12.9. The Morgan fingerprint density at radius 2 is 2.05 bits per heavy atom. The van der Waals surface area contributed by atoms with Crippen molar-refractivity contribution in [2.45, 2.75) is 26.7 Å². The molecule has 0 fully saturated rings. The first-order chi connectivity index (χ1) is 9.58. The van der Waals surface area contributed by atoms with E-state index in [1.807, 2.05) is 36.9 Å². The van der Waals surface area contributed by atoms with Crippen LogP contribution >= 0.6 is 36.2 Å². The summed E-state index contributed by atoms with van der Waals surface area (Å²) in [6.07, 6.45) is 1.89. The van der Waals surface area contributed by atoms with E-state index in [1.54, 1.807) is 0 Å². The van der Waals surface area contributed by atoms with Gasteiger partial charge in [-0.3, -0.25) is 4.79 Å². The molecule has 0 aliphatic carbocycles. The van der Waals surface area contributed by atoms with Crippen molar-refractivity contribution < 1.29 is 4.79 Å². The van der Waals surface area contributed by atoms with E-state index in [2.05, 4.69) is 4.98 Å². The van der Waals surface area contributed by atoms with Gasteiger partial charge in [-0.25, -0.2) is 4.98 Å². The molecule has 0 spiro atoms. The number of nitrogens with two attached hydrogens (primary N) is 1. The van der Waals surface area contributed by atoms with Gasteiger partial charge in [-0.05, 0) is 44.4 Å². The Hall–Kier alpha value is -1.30. The fourth-order valence-electron chi connectivity index (χ4n) is 2.71. The number of anilines is 2. The lowest BCUT2D eigenvalue weighted by Crippen LogP contribution is -2.35. The minimum absolute atomic E-state index is 0. The van der Waals surface area contributed by atoms with Crippen molar-refractivity contribution in [1.29, 1.82) is 0 Å². The Kier molecular flexibility index (Phi) is 6.23. The van der Waals surface area contributed by atoms with Crippen LogP contribution in [0.15, 0.2) is 18.2 Å². The van der Waals surface area contributed by atoms with Gasteiger partial charge >= 0.3 is 0 Å². The average Bonchev–Trinajstić information content (AvgIpc) is 2.77. The van der Waals surface area contributed by atoms with E-state index in [0.29, 0.717) is 0 Å². The summed E-state index contributed by atoms with van der Waals surface area (Å²) < 4.78 is 0. The van der Waals surface area contributed by atoms with Gasteiger partial charge in [0.15, 0.2) is 0 Å². The molecule has 3 rings (SSSR count). The van der Waals surface area contributed by atoms with Crippen LogP contribution in [0.2, 0.25) is 0 Å². The van der Waals surface area contributed by atoms with Gasteiger partial charge in [-0.15, -0.1) is 36.2 Å². The summed E-state index contributed by atoms with van der Waals surface area (Å²) in [6.45, 7) is 4.56. The second kappa shape index (κ2) is 7.31. The van der Waals surface area contributed by atoms with Crippen molar-refractivity contribution in [3.63, 3.8) is 0 Å². The molecular weight excluding hydrogens is 341 g/mol. The maximum Gasteiger partial charge on any atom is 0.270 e. The number of carbonyl (C=O) groups excluding carboxylic acids is 1. The lowest BCUT2D eigenvalue weighted by Gasteiger charge is -2.30. The molecule has 0 saturated heterocycles. The Morgan fingerprint density at radius 1 is 1.32 bits per heavy atom. The fourth-order valence-corrected chi connectivity index (χ4v) is 3.58. The van der Waals surface area contributed by atoms with Crippen LogP contribution in [0.3, 0.4) is 0 Å². The number of hydrogen-bond donors (Lipinski definition) is 1. The number of aromatic nitrogens is 1. The average molecular weight is 360 g/mol. The molecule has 2 heterocycles. The zero-order valence-corrected chi connectivity index (χ0v) is 14.9. The molecule has 120 valence electrons. The Labute approximate surface area is 146 Å². The van der Waals surface area contributed by atoms with Gasteiger partial charge in [-0.2, -0.15) is 0 Å². The number of amides is 1. The number of aryl methyl sites for hydroxylation is 2. The van der Waals surface area contributed by atoms with Gasteiger partial charge < -0.3 is 10.6 Å². The molecule has 22 heavy (non-hydrogen) atoms. The number of fused-ring (bicyclic) bond motifs is 1. The molecule has 0 radical (unpaired) electrons. The summed E-state index contributed by atoms with van der Waals surface area (Å²) >= 11 is 1.46. The molecule has 1 amide bonds. The van der Waals surface area contributed by atoms with Crippen molar-refractivity contribution in [2.24, 2.45) is 0 Å². The van der Waals surface area contributed by atoms with E-state index in [1.165, 1.54) is 11.3 Å². The molecule has 7 heteroatoms. The topological polar surface area (TPSA) is 59.2 Å². The molecule has 0 unspecified atom stereocenters. The van der Waals surface area contributed by atoms with E-state index in [-0.39, 0.29) is 30.7 Å². The van der Waals surface area contributed by atoms with Crippen molar-refractivity contribution in [3.05, 3.63) is 39.3 Å². The van der Waals surface area contributed by atoms with E-state index < -0.39 is 0 Å². The van der Waals surface area contributed by atoms with Gasteiger partial charge in [0, 0.05) is 17.9 Å². The summed E-state index contributed by atoms with van der Waals surface area (Å²) in [6, 6.07) is 5.78. The molecule has 1 aliphatic rings. The summed E-state index contributed by atoms with van der Waals surface area (Å²) in [4.78, 5) is 19.7. The third-order valence-electron chi connectivity index (χ3n) is 3.63. The van der Waals surface area contributed by atoms with E-state index >= 15 is 0 Å². The summed E-state index contributed by atoms with van der Waals surface area (Å²) in [7, 11) is 0. The van der Waals surface area contributed by atoms with Crippen LogP contribution in [-0.2, 0) is 6.42 Å². The first kappa shape index (κ1) is 18.7. The number of hydrogen-bond acceptors (Lipinski definition) is 4. The molecule has 2 N–H and O–H groups in total. The number of carbonyl (C=O) groups is 1. The van der Waals surface area contributed by atoms with Crippen molar-refractivity contribution in [1.82, 2.24) is 4.98 Å². The van der Waals surface area contributed by atoms with E-state index in [4.69, 9.17) is 5.73 Å². The van der Waals surface area contributed by atoms with Crippen LogP contribution in [0.4, 0.5) is 11.4 Å². The van der Waals surface area contributed by atoms with Crippen LogP contribution in [0, 0.1) is 13.8 Å². The highest BCUT2D eigenvalue weighted by molar-refractivity contribution is 7.13. The molecule has 1 aliphatic heterocycles. The highest BCUT2D eigenvalue weighted by atomic mass is 35.5. The molecule has 1 aromatic carbocycles. The van der Waals surface area contributed by atoms with Gasteiger partial charge in [-0.1, -0.05) is 6.07 Å². The molecule has 0 atom stereocenters. The van der Waals surface area contributed by atoms with Crippen LogP contribution in [0.25, 0.3) is 0 Å². The first-order valence-corrected chi connectivity index (χ1v) is 7.53. The molecule has 0 saturated carbocycles. The lowest BCUT2D eigenvalue weighted by molar-refractivity contribution is 0.0988. The quantitative estimate of drug-likeness (QED) is 0.788. The van der Waals surface area contributed by atoms with Crippen LogP contribution in [0.5, 0.6) is 0 Å². The number of nitrogen functional groups attached to an aromatic ring is 1. The first-order valence-electron chi connectivity index (χ1n) is 6.71. The maximum absolute atomic E-state index is 12.8. The van der Waals surface area contributed by atoms with Gasteiger partial charge in [0.2, 0.25) is 0 Å². The predicted molar refractivity (Wildman–Crippen MR) is 96.9 cm³/mol. The maximum atomic E-state index is 12.8. The minimum Gasteiger partial charge on any atom is -0.398 e. The highest BCUT2D eigenvalue weighted by Gasteiger charge is 2.27. The van der Waals surface area contributed by atoms with Crippen LogP contribution < -0.4 is 10.6 Å². The van der Waals surface area contributed by atoms with Crippen molar-refractivity contribution in [2.75, 3.05) is 17.2 Å². The Balaban J connectivity index is 0.00000121. The standard InChI is InChI=1S/C15H17N3OS.2ClH/c1-9-14(20-10(2)17-9)15(19)18-8-4-5-11-12(16)6-3-7-13(11)18;;/h3,6-7H,4-5,8,16H2,1-2H3;2*1H. The molecule has 2 aromatic rings. The largest absolute Gasteiger partial charge is 0.398 e. The molecule has 0 bridgehead atoms. The summed E-state index contributed by atoms with van der Waals surface area (Å²) in [5.74, 6) is 0.0413. The molecule has 4 nitrogen and oxygen atoms in total. The fraction of sp³-hybridized carbons (Fsp3) is 0.333. The van der Waals surface area contributed by atoms with Crippen LogP contribution in [-0.4, -0.2) is 17.4 Å². The SMILES string of the molecule is Cc1nc(C)c(C(=O)N2CCCc3c(N)cccc32)s1.Cl.Cl. The monoisotopic (exact) mass is 359 g/mol. The number of thiazole rings is 1. The third-order valence-corrected chi connectivity index (χ3v) is 4.69. The second-order valence-corrected chi connectivity index (χ2v) is 6.26. The van der Waals surface area contributed by atoms with Crippen molar-refractivity contribution in [3.8, 4) is 0 Å². The Morgan fingerprint density at radius 3 is 2.68 bits per heavy atom. The van der Waals surface area contributed by atoms with Gasteiger partial charge in [0.1, 0.15) is 4.88 Å². The summed E-state index contributed by atoms with van der Waals surface area (Å²) in [5.41, 5.74) is 9.66. The number of rotatable bonds is 1. The second-order valence-electron chi connectivity index (χ2n) is 5.05. The van der Waals surface area contributed by atoms with E-state index in [0.717, 1.165) is 51.9 Å². The Bertz CT molecular complexity index is 687. The van der Waals surface area contributed by atoms with E-state index in [9.17, 15) is 4.79 Å². The van der Waals surface area contributed by atoms with Crippen LogP contribution in [0.1, 0.15) is 32.4 Å². The third kappa shape index (κ3) is 3.21. The van der Waals surface area contributed by atoms with Gasteiger partial charge in [0.25, 0.3) is 5.91 Å². The minimum atomic E-state index is 0.